The van der Waals surface area contributed by atoms with Crippen LogP contribution in [0.5, 0.6) is 0 Å². The van der Waals surface area contributed by atoms with Gasteiger partial charge in [-0.2, -0.15) is 0 Å². The van der Waals surface area contributed by atoms with Gasteiger partial charge in [0.1, 0.15) is 5.91 Å². The molecule has 0 N–H and O–H groups in total. The van der Waals surface area contributed by atoms with Crippen LogP contribution in [-0.2, 0) is 22.8 Å². The van der Waals surface area contributed by atoms with Gasteiger partial charge >= 0.3 is 0 Å². The maximum Gasteiger partial charge on any atom is 0.235 e. The zero-order valence-electron chi connectivity index (χ0n) is 19.2. The van der Waals surface area contributed by atoms with Gasteiger partial charge in [0.05, 0.1) is 13.2 Å². The number of hydrogen-bond acceptors (Lipinski definition) is 5. The van der Waals surface area contributed by atoms with Crippen LogP contribution in [0.3, 0.4) is 0 Å². The fourth-order valence-electron chi connectivity index (χ4n) is 2.31. The SMILES string of the molecule is C=C(C)COC(C)OCCCO[SiH](CCC)C(O[Si](C)(C)C)O[Si](C)(C)C. The van der Waals surface area contributed by atoms with Crippen molar-refractivity contribution >= 4 is 25.7 Å². The summed E-state index contributed by atoms with van der Waals surface area (Å²) in [6.45, 7) is 25.0. The van der Waals surface area contributed by atoms with Crippen molar-refractivity contribution in [1.29, 1.82) is 0 Å². The van der Waals surface area contributed by atoms with Crippen molar-refractivity contribution in [2.75, 3.05) is 19.8 Å². The summed E-state index contributed by atoms with van der Waals surface area (Å²) >= 11 is 0. The second-order valence-electron chi connectivity index (χ2n) is 9.09. The van der Waals surface area contributed by atoms with Crippen LogP contribution < -0.4 is 0 Å². The Labute approximate surface area is 171 Å². The van der Waals surface area contributed by atoms with E-state index < -0.39 is 25.7 Å². The van der Waals surface area contributed by atoms with Gasteiger partial charge < -0.3 is 22.8 Å². The highest BCUT2D eigenvalue weighted by Crippen LogP contribution is 2.20. The third-order valence-corrected chi connectivity index (χ3v) is 8.47. The molecule has 0 aliphatic carbocycles. The first kappa shape index (κ1) is 27.2. The van der Waals surface area contributed by atoms with Gasteiger partial charge in [0.25, 0.3) is 0 Å². The van der Waals surface area contributed by atoms with E-state index in [-0.39, 0.29) is 12.2 Å². The molecule has 162 valence electrons. The van der Waals surface area contributed by atoms with E-state index in [9.17, 15) is 0 Å². The minimum absolute atomic E-state index is 0.137. The second kappa shape index (κ2) is 13.4. The molecule has 2 atom stereocenters. The van der Waals surface area contributed by atoms with E-state index in [0.29, 0.717) is 19.8 Å². The predicted molar refractivity (Wildman–Crippen MR) is 122 cm³/mol. The lowest BCUT2D eigenvalue weighted by atomic mass is 10.4. The molecule has 0 saturated carbocycles. The largest absolute Gasteiger partial charge is 0.414 e. The molecule has 0 aliphatic heterocycles. The van der Waals surface area contributed by atoms with E-state index in [1.807, 2.05) is 13.8 Å². The summed E-state index contributed by atoms with van der Waals surface area (Å²) < 4.78 is 30.3. The highest BCUT2D eigenvalue weighted by atomic mass is 28.4. The maximum absolute atomic E-state index is 6.41. The van der Waals surface area contributed by atoms with Gasteiger partial charge in [-0.1, -0.05) is 25.5 Å². The Hall–Kier alpha value is 0.191. The summed E-state index contributed by atoms with van der Waals surface area (Å²) in [4.78, 5) is 0. The molecule has 0 aromatic heterocycles. The molecule has 0 spiro atoms. The second-order valence-corrected chi connectivity index (χ2v) is 20.5. The lowest BCUT2D eigenvalue weighted by molar-refractivity contribution is -0.125. The molecule has 0 bridgehead atoms. The minimum Gasteiger partial charge on any atom is -0.414 e. The summed E-state index contributed by atoms with van der Waals surface area (Å²) in [7, 11) is -5.01. The molecule has 0 aromatic rings. The van der Waals surface area contributed by atoms with Gasteiger partial charge in [0, 0.05) is 6.61 Å². The smallest absolute Gasteiger partial charge is 0.235 e. The van der Waals surface area contributed by atoms with Gasteiger partial charge in [-0.05, 0) is 65.6 Å². The topological polar surface area (TPSA) is 46.2 Å². The van der Waals surface area contributed by atoms with Gasteiger partial charge in [-0.25, -0.2) is 0 Å². The Kier molecular flexibility index (Phi) is 13.5. The van der Waals surface area contributed by atoms with Crippen LogP contribution in [0.4, 0.5) is 0 Å². The van der Waals surface area contributed by atoms with Crippen molar-refractivity contribution < 1.29 is 22.8 Å². The van der Waals surface area contributed by atoms with E-state index >= 15 is 0 Å². The van der Waals surface area contributed by atoms with Crippen molar-refractivity contribution in [3.63, 3.8) is 0 Å². The standard InChI is InChI=1S/C19H44O5Si3/c1-11-15-25(19(23-26(5,6)7)24-27(8,9)10)22-14-12-13-20-18(4)21-16-17(2)3/h18-19,25H,2,11-16H2,1,3-10H3. The molecule has 0 rings (SSSR count). The first-order chi connectivity index (χ1) is 12.3. The van der Waals surface area contributed by atoms with Crippen LogP contribution in [0.25, 0.3) is 0 Å². The van der Waals surface area contributed by atoms with Crippen LogP contribution >= 0.6 is 0 Å². The zero-order valence-corrected chi connectivity index (χ0v) is 22.4. The highest BCUT2D eigenvalue weighted by molar-refractivity contribution is 6.72. The molecule has 5 nitrogen and oxygen atoms in total. The average Bonchev–Trinajstić information content (AvgIpc) is 2.48. The van der Waals surface area contributed by atoms with Crippen molar-refractivity contribution in [1.82, 2.24) is 0 Å². The number of hydrogen-bond donors (Lipinski definition) is 0. The van der Waals surface area contributed by atoms with Crippen LogP contribution in [0.15, 0.2) is 12.2 Å². The molecular weight excluding hydrogens is 392 g/mol. The molecular formula is C19H44O5Si3. The first-order valence-corrected chi connectivity index (χ1v) is 19.0. The van der Waals surface area contributed by atoms with Crippen LogP contribution in [0.2, 0.25) is 45.3 Å². The summed E-state index contributed by atoms with van der Waals surface area (Å²) in [6.07, 6.45) is 1.73. The van der Waals surface area contributed by atoms with Gasteiger partial charge in [0.2, 0.25) is 9.04 Å². The zero-order chi connectivity index (χ0) is 21.1. The van der Waals surface area contributed by atoms with E-state index in [4.69, 9.17) is 22.8 Å². The monoisotopic (exact) mass is 436 g/mol. The molecule has 0 amide bonds. The quantitative estimate of drug-likeness (QED) is 0.147. The molecule has 0 saturated heterocycles. The fraction of sp³-hybridized carbons (Fsp3) is 0.895. The minimum atomic E-state index is -1.70. The molecule has 2 unspecified atom stereocenters. The molecule has 8 heteroatoms. The Morgan fingerprint density at radius 3 is 1.96 bits per heavy atom. The Morgan fingerprint density at radius 1 is 0.963 bits per heavy atom. The summed E-state index contributed by atoms with van der Waals surface area (Å²) in [5.41, 5.74) is 0.998. The molecule has 27 heavy (non-hydrogen) atoms. The van der Waals surface area contributed by atoms with Crippen molar-refractivity contribution in [3.05, 3.63) is 12.2 Å². The molecule has 0 radical (unpaired) electrons. The normalized spacial score (nSPS) is 15.2. The lowest BCUT2D eigenvalue weighted by Crippen LogP contribution is -2.49. The molecule has 0 aliphatic rings. The first-order valence-electron chi connectivity index (χ1n) is 10.2. The fourth-order valence-corrected chi connectivity index (χ4v) is 9.19. The van der Waals surface area contributed by atoms with Crippen molar-refractivity contribution in [3.8, 4) is 0 Å². The maximum atomic E-state index is 6.41. The summed E-state index contributed by atoms with van der Waals surface area (Å²) in [6, 6.07) is 1.07. The van der Waals surface area contributed by atoms with Crippen molar-refractivity contribution in [2.45, 2.75) is 91.1 Å². The van der Waals surface area contributed by atoms with E-state index in [1.165, 1.54) is 0 Å². The van der Waals surface area contributed by atoms with Crippen LogP contribution in [-0.4, -0.2) is 57.7 Å². The van der Waals surface area contributed by atoms with Gasteiger partial charge in [-0.3, -0.25) is 0 Å². The Bertz CT molecular complexity index is 391. The van der Waals surface area contributed by atoms with Crippen molar-refractivity contribution in [2.24, 2.45) is 0 Å². The lowest BCUT2D eigenvalue weighted by Gasteiger charge is -2.35. The molecule has 0 aromatic carbocycles. The Morgan fingerprint density at radius 2 is 1.52 bits per heavy atom. The van der Waals surface area contributed by atoms with Gasteiger partial charge in [0.15, 0.2) is 22.9 Å². The number of rotatable bonds is 16. The van der Waals surface area contributed by atoms with Gasteiger partial charge in [-0.15, -0.1) is 0 Å². The van der Waals surface area contributed by atoms with Crippen LogP contribution in [0, 0.1) is 0 Å². The molecule has 0 heterocycles. The Balaban J connectivity index is 4.50. The van der Waals surface area contributed by atoms with E-state index in [0.717, 1.165) is 24.5 Å². The van der Waals surface area contributed by atoms with E-state index in [2.05, 4.69) is 52.8 Å². The highest BCUT2D eigenvalue weighted by Gasteiger charge is 2.34. The third-order valence-electron chi connectivity index (χ3n) is 3.35. The van der Waals surface area contributed by atoms with E-state index in [1.54, 1.807) is 0 Å². The van der Waals surface area contributed by atoms with Crippen LogP contribution in [0.1, 0.15) is 33.6 Å². The average molecular weight is 437 g/mol. The molecule has 0 fully saturated rings. The predicted octanol–water partition coefficient (Wildman–Crippen LogP) is 5.05. The summed E-state index contributed by atoms with van der Waals surface area (Å²) in [5.74, 6) is -0.137. The third kappa shape index (κ3) is 16.8. The number of ether oxygens (including phenoxy) is 2. The summed E-state index contributed by atoms with van der Waals surface area (Å²) in [5, 5.41) is 0.